The van der Waals surface area contributed by atoms with Crippen LogP contribution in [0.4, 0.5) is 0 Å². The molecular weight excluding hydrogens is 536 g/mol. The van der Waals surface area contributed by atoms with E-state index in [1.54, 1.807) is 55.7 Å². The van der Waals surface area contributed by atoms with Crippen LogP contribution < -0.4 is 0 Å². The third-order valence-corrected chi connectivity index (χ3v) is 21.5. The third-order valence-electron chi connectivity index (χ3n) is 10.5. The minimum absolute atomic E-state index is 0.0183. The van der Waals surface area contributed by atoms with E-state index in [0.29, 0.717) is 30.9 Å². The quantitative estimate of drug-likeness (QED) is 0.334. The first-order valence-electron chi connectivity index (χ1n) is 15.3. The van der Waals surface area contributed by atoms with E-state index in [2.05, 4.69) is 117 Å². The van der Waals surface area contributed by atoms with Crippen molar-refractivity contribution in [3.63, 3.8) is 0 Å². The van der Waals surface area contributed by atoms with Crippen LogP contribution in [-0.2, 0) is 20.3 Å². The zero-order chi connectivity index (χ0) is 28.2. The Labute approximate surface area is 238 Å². The first kappa shape index (κ1) is 28.3. The Hall–Kier alpha value is -1.20. The molecule has 0 aromatic heterocycles. The maximum absolute atomic E-state index is 2.89. The van der Waals surface area contributed by atoms with Gasteiger partial charge in [-0.1, -0.05) is 0 Å². The van der Waals surface area contributed by atoms with E-state index in [-0.39, 0.29) is 5.41 Å². The molecule has 0 fully saturated rings. The van der Waals surface area contributed by atoms with Crippen molar-refractivity contribution in [1.29, 1.82) is 0 Å². The molecule has 1 heteroatoms. The van der Waals surface area contributed by atoms with Gasteiger partial charge >= 0.3 is 240 Å². The second-order valence-electron chi connectivity index (χ2n) is 15.2. The SMILES string of the molecule is CC1=C2c3c(C(C)C)cc(C(C)C)cc3[CH]1[Zr]([CH3])([CH3])[CH]1C(C)=C(c3c(C(C)C)cc(C(C)C)cc31)C2(C)C. The summed E-state index contributed by atoms with van der Waals surface area (Å²) in [5, 5.41) is 0. The molecule has 204 valence electrons. The molecule has 5 rings (SSSR count). The summed E-state index contributed by atoms with van der Waals surface area (Å²) in [6.07, 6.45) is 0. The molecule has 0 saturated carbocycles. The summed E-state index contributed by atoms with van der Waals surface area (Å²) in [5.74, 6) is 2.17. The molecule has 4 bridgehead atoms. The zero-order valence-electron chi connectivity index (χ0n) is 26.8. The Kier molecular flexibility index (Phi) is 6.83. The van der Waals surface area contributed by atoms with E-state index in [4.69, 9.17) is 0 Å². The van der Waals surface area contributed by atoms with Crippen LogP contribution in [0, 0.1) is 5.41 Å². The monoisotopic (exact) mass is 586 g/mol. The van der Waals surface area contributed by atoms with Crippen molar-refractivity contribution >= 4 is 11.1 Å². The van der Waals surface area contributed by atoms with Gasteiger partial charge in [0, 0.05) is 0 Å². The van der Waals surface area contributed by atoms with Gasteiger partial charge in [-0.2, -0.15) is 0 Å². The Morgan fingerprint density at radius 2 is 0.921 bits per heavy atom. The summed E-state index contributed by atoms with van der Waals surface area (Å²) in [7, 11) is 0. The molecule has 0 amide bonds. The number of hydrogen-bond acceptors (Lipinski definition) is 0. The van der Waals surface area contributed by atoms with Crippen LogP contribution in [-0.4, -0.2) is 0 Å². The molecule has 0 N–H and O–H groups in total. The molecule has 3 aliphatic rings. The first-order chi connectivity index (χ1) is 17.5. The van der Waals surface area contributed by atoms with Crippen molar-refractivity contribution in [3.05, 3.63) is 79.9 Å². The molecule has 0 radical (unpaired) electrons. The molecule has 2 aromatic carbocycles. The molecular formula is C37H52Zr. The molecule has 0 nitrogen and oxygen atoms in total. The van der Waals surface area contributed by atoms with Gasteiger partial charge in [0.25, 0.3) is 0 Å². The van der Waals surface area contributed by atoms with Crippen molar-refractivity contribution in [3.8, 4) is 0 Å². The van der Waals surface area contributed by atoms with Gasteiger partial charge in [0.2, 0.25) is 0 Å². The summed E-state index contributed by atoms with van der Waals surface area (Å²) >= 11 is -2.89. The van der Waals surface area contributed by atoms with Crippen LogP contribution in [0.3, 0.4) is 0 Å². The number of benzene rings is 2. The number of fused-ring (bicyclic) bond motifs is 8. The van der Waals surface area contributed by atoms with Gasteiger partial charge in [0.1, 0.15) is 0 Å². The molecule has 0 saturated heterocycles. The average Bonchev–Trinajstić information content (AvgIpc) is 3.28. The van der Waals surface area contributed by atoms with Gasteiger partial charge in [-0.05, 0) is 0 Å². The molecule has 2 aromatic rings. The Morgan fingerprint density at radius 1 is 0.579 bits per heavy atom. The fourth-order valence-corrected chi connectivity index (χ4v) is 21.1. The van der Waals surface area contributed by atoms with Crippen molar-refractivity contribution in [2.45, 2.75) is 123 Å². The molecule has 38 heavy (non-hydrogen) atoms. The number of rotatable bonds is 4. The molecule has 0 spiro atoms. The second-order valence-corrected chi connectivity index (χ2v) is 27.0. The normalized spacial score (nSPS) is 23.1. The van der Waals surface area contributed by atoms with Crippen LogP contribution in [0.5, 0.6) is 0 Å². The Morgan fingerprint density at radius 3 is 1.21 bits per heavy atom. The van der Waals surface area contributed by atoms with Gasteiger partial charge in [0.05, 0.1) is 0 Å². The minimum atomic E-state index is -2.89. The van der Waals surface area contributed by atoms with E-state index >= 15 is 0 Å². The van der Waals surface area contributed by atoms with Crippen molar-refractivity contribution in [1.82, 2.24) is 0 Å². The van der Waals surface area contributed by atoms with Crippen LogP contribution in [0.1, 0.15) is 159 Å². The topological polar surface area (TPSA) is 0 Å². The average molecular weight is 588 g/mol. The maximum atomic E-state index is 2.79. The predicted octanol–water partition coefficient (Wildman–Crippen LogP) is 11.8. The second kappa shape index (κ2) is 9.16. The molecule has 1 aliphatic heterocycles. The van der Waals surface area contributed by atoms with Gasteiger partial charge in [-0.15, -0.1) is 0 Å². The number of allylic oxidation sites excluding steroid dienone is 4. The Bertz CT molecular complexity index is 1280. The molecule has 2 atom stereocenters. The first-order valence-corrected chi connectivity index (χ1v) is 23.1. The fourth-order valence-electron chi connectivity index (χ4n) is 9.00. The zero-order valence-corrected chi connectivity index (χ0v) is 29.2. The summed E-state index contributed by atoms with van der Waals surface area (Å²) < 4.78 is 6.87. The van der Waals surface area contributed by atoms with Crippen LogP contribution in [0.15, 0.2) is 35.4 Å². The summed E-state index contributed by atoms with van der Waals surface area (Å²) in [6.45, 7) is 29.4. The summed E-state index contributed by atoms with van der Waals surface area (Å²) in [6, 6.07) is 10.5. The van der Waals surface area contributed by atoms with E-state index in [9.17, 15) is 0 Å². The number of hydrogen-bond donors (Lipinski definition) is 0. The standard InChI is InChI=1S/C35H46.2CH3.Zr/c1-19(2)25-15-27-13-23(9)33(31(27)29(17-25)21(5)6)35(11,12)34-24(10)14-28-16-26(20(3)4)18-30(22(7)8)32(28)34;;;/h13-22H,1-12H3;2*1H3;. The third kappa shape index (κ3) is 3.76. The predicted molar refractivity (Wildman–Crippen MR) is 165 cm³/mol. The fraction of sp³-hybridized carbons (Fsp3) is 0.568. The van der Waals surface area contributed by atoms with Gasteiger partial charge in [0.15, 0.2) is 0 Å². The molecule has 1 heterocycles. The Balaban J connectivity index is 1.93. The van der Waals surface area contributed by atoms with Crippen molar-refractivity contribution in [2.24, 2.45) is 5.41 Å². The molecule has 2 unspecified atom stereocenters. The van der Waals surface area contributed by atoms with Gasteiger partial charge < -0.3 is 0 Å². The van der Waals surface area contributed by atoms with Crippen molar-refractivity contribution in [2.75, 3.05) is 0 Å². The van der Waals surface area contributed by atoms with Crippen LogP contribution in [0.25, 0.3) is 11.1 Å². The van der Waals surface area contributed by atoms with Gasteiger partial charge in [-0.25, -0.2) is 0 Å². The van der Waals surface area contributed by atoms with Gasteiger partial charge in [-0.3, -0.25) is 0 Å². The van der Waals surface area contributed by atoms with Crippen molar-refractivity contribution < 1.29 is 20.3 Å². The van der Waals surface area contributed by atoms with Crippen LogP contribution >= 0.6 is 0 Å². The van der Waals surface area contributed by atoms with E-state index < -0.39 is 20.3 Å². The summed E-state index contributed by atoms with van der Waals surface area (Å²) in [5.41, 5.74) is 19.7. The van der Waals surface area contributed by atoms with Crippen LogP contribution in [0.2, 0.25) is 9.26 Å². The van der Waals surface area contributed by atoms with E-state index in [0.717, 1.165) is 0 Å². The van der Waals surface area contributed by atoms with E-state index in [1.165, 1.54) is 11.1 Å². The molecule has 2 aliphatic carbocycles. The summed E-state index contributed by atoms with van der Waals surface area (Å²) in [4.78, 5) is 0. The van der Waals surface area contributed by atoms with E-state index in [1.807, 2.05) is 0 Å².